The zero-order valence-electron chi connectivity index (χ0n) is 13.2. The number of hydrogen-bond acceptors (Lipinski definition) is 3. The summed E-state index contributed by atoms with van der Waals surface area (Å²) in [5, 5.41) is 3.67. The Kier molecular flexibility index (Phi) is 5.24. The molecule has 3 aliphatic rings. The lowest BCUT2D eigenvalue weighted by molar-refractivity contribution is 0.207. The average Bonchev–Trinajstić information content (AvgIpc) is 2.90. The van der Waals surface area contributed by atoms with Crippen LogP contribution in [0.1, 0.15) is 52.9 Å². The van der Waals surface area contributed by atoms with Crippen LogP contribution in [0.25, 0.3) is 0 Å². The molecule has 1 N–H and O–H groups in total. The van der Waals surface area contributed by atoms with Crippen molar-refractivity contribution >= 4 is 29.9 Å². The van der Waals surface area contributed by atoms with Crippen molar-refractivity contribution in [3.8, 4) is 0 Å². The highest BCUT2D eigenvalue weighted by molar-refractivity contribution is 14.0. The van der Waals surface area contributed by atoms with Gasteiger partial charge in [0.15, 0.2) is 5.96 Å². The molecular formula is C16H30IN3. The molecule has 0 aromatic heterocycles. The van der Waals surface area contributed by atoms with Gasteiger partial charge in [-0.3, -0.25) is 4.99 Å². The van der Waals surface area contributed by atoms with Crippen molar-refractivity contribution in [2.45, 2.75) is 58.9 Å². The molecule has 116 valence electrons. The number of nitrogens with zero attached hydrogens (tertiary/aromatic N) is 2. The molecule has 4 heteroatoms. The van der Waals surface area contributed by atoms with E-state index in [1.54, 1.807) is 0 Å². The van der Waals surface area contributed by atoms with E-state index < -0.39 is 0 Å². The highest BCUT2D eigenvalue weighted by atomic mass is 127. The first kappa shape index (κ1) is 16.4. The van der Waals surface area contributed by atoms with E-state index in [9.17, 15) is 0 Å². The lowest BCUT2D eigenvalue weighted by Crippen LogP contribution is -2.49. The van der Waals surface area contributed by atoms with Crippen LogP contribution in [-0.2, 0) is 0 Å². The van der Waals surface area contributed by atoms with Crippen molar-refractivity contribution in [2.75, 3.05) is 19.6 Å². The van der Waals surface area contributed by atoms with E-state index in [1.165, 1.54) is 44.6 Å². The summed E-state index contributed by atoms with van der Waals surface area (Å²) in [6.45, 7) is 10.5. The highest BCUT2D eigenvalue weighted by Gasteiger charge is 2.36. The van der Waals surface area contributed by atoms with Gasteiger partial charge in [0.1, 0.15) is 0 Å². The molecule has 0 aromatic carbocycles. The number of guanidine groups is 1. The summed E-state index contributed by atoms with van der Waals surface area (Å²) in [5.74, 6) is 2.83. The maximum atomic E-state index is 4.75. The molecule has 1 saturated carbocycles. The van der Waals surface area contributed by atoms with Crippen LogP contribution in [0.15, 0.2) is 4.99 Å². The van der Waals surface area contributed by atoms with Crippen molar-refractivity contribution in [1.82, 2.24) is 10.2 Å². The molecule has 0 aromatic rings. The third-order valence-corrected chi connectivity index (χ3v) is 5.65. The van der Waals surface area contributed by atoms with E-state index >= 15 is 0 Å². The fourth-order valence-corrected chi connectivity index (χ4v) is 4.09. The van der Waals surface area contributed by atoms with Crippen LogP contribution in [-0.4, -0.2) is 36.5 Å². The van der Waals surface area contributed by atoms with Crippen LogP contribution in [0.4, 0.5) is 0 Å². The van der Waals surface area contributed by atoms with Crippen LogP contribution >= 0.6 is 24.0 Å². The zero-order chi connectivity index (χ0) is 13.5. The van der Waals surface area contributed by atoms with Gasteiger partial charge in [0.2, 0.25) is 0 Å². The maximum absolute atomic E-state index is 4.75. The third-order valence-electron chi connectivity index (χ3n) is 5.65. The van der Waals surface area contributed by atoms with E-state index in [2.05, 4.69) is 31.0 Å². The Balaban J connectivity index is 0.00000147. The highest BCUT2D eigenvalue weighted by Crippen LogP contribution is 2.42. The molecule has 3 unspecified atom stereocenters. The first-order chi connectivity index (χ1) is 9.06. The molecule has 20 heavy (non-hydrogen) atoms. The number of fused-ring (bicyclic) bond motifs is 1. The van der Waals surface area contributed by atoms with Crippen molar-refractivity contribution in [3.63, 3.8) is 0 Å². The maximum Gasteiger partial charge on any atom is 0.194 e. The molecular weight excluding hydrogens is 361 g/mol. The summed E-state index contributed by atoms with van der Waals surface area (Å²) >= 11 is 0. The van der Waals surface area contributed by atoms with E-state index in [4.69, 9.17) is 4.99 Å². The van der Waals surface area contributed by atoms with Gasteiger partial charge >= 0.3 is 0 Å². The van der Waals surface area contributed by atoms with Gasteiger partial charge in [-0.25, -0.2) is 0 Å². The normalized spacial score (nSPS) is 35.2. The van der Waals surface area contributed by atoms with Crippen LogP contribution in [0.2, 0.25) is 0 Å². The van der Waals surface area contributed by atoms with Gasteiger partial charge in [-0.2, -0.15) is 0 Å². The number of piperidine rings is 1. The molecule has 1 saturated heterocycles. The second kappa shape index (κ2) is 6.41. The monoisotopic (exact) mass is 391 g/mol. The number of rotatable bonds is 2. The van der Waals surface area contributed by atoms with Crippen LogP contribution in [0, 0.1) is 17.3 Å². The van der Waals surface area contributed by atoms with Crippen molar-refractivity contribution in [2.24, 2.45) is 22.2 Å². The zero-order valence-corrected chi connectivity index (χ0v) is 15.5. The number of nitrogens with one attached hydrogen (secondary N) is 1. The minimum Gasteiger partial charge on any atom is -0.356 e. The lowest BCUT2D eigenvalue weighted by atomic mass is 9.82. The second-order valence-electron chi connectivity index (χ2n) is 7.61. The average molecular weight is 391 g/mol. The predicted octanol–water partition coefficient (Wildman–Crippen LogP) is 3.49. The van der Waals surface area contributed by atoms with E-state index in [0.29, 0.717) is 11.5 Å². The summed E-state index contributed by atoms with van der Waals surface area (Å²) < 4.78 is 0. The molecule has 3 nitrogen and oxygen atoms in total. The molecule has 0 amide bonds. The van der Waals surface area contributed by atoms with Gasteiger partial charge < -0.3 is 10.2 Å². The second-order valence-corrected chi connectivity index (χ2v) is 7.61. The molecule has 2 heterocycles. The van der Waals surface area contributed by atoms with E-state index in [1.807, 2.05) is 0 Å². The third kappa shape index (κ3) is 3.25. The summed E-state index contributed by atoms with van der Waals surface area (Å²) in [6.07, 6.45) is 6.86. The van der Waals surface area contributed by atoms with Gasteiger partial charge in [0.25, 0.3) is 0 Å². The van der Waals surface area contributed by atoms with Gasteiger partial charge in [0.05, 0.1) is 12.6 Å². The minimum atomic E-state index is 0. The first-order valence-electron chi connectivity index (χ1n) is 8.11. The molecule has 2 fully saturated rings. The largest absolute Gasteiger partial charge is 0.356 e. The Morgan fingerprint density at radius 2 is 2.10 bits per heavy atom. The van der Waals surface area contributed by atoms with Gasteiger partial charge in [-0.05, 0) is 42.9 Å². The summed E-state index contributed by atoms with van der Waals surface area (Å²) in [7, 11) is 0. The fraction of sp³-hybridized carbons (Fsp3) is 0.938. The molecule has 0 radical (unpaired) electrons. The minimum absolute atomic E-state index is 0. The summed E-state index contributed by atoms with van der Waals surface area (Å²) in [5.41, 5.74) is 0.515. The molecule has 3 atom stereocenters. The molecule has 0 bridgehead atoms. The Morgan fingerprint density at radius 3 is 2.80 bits per heavy atom. The number of halogens is 1. The first-order valence-corrected chi connectivity index (χ1v) is 8.11. The molecule has 1 aliphatic carbocycles. The lowest BCUT2D eigenvalue weighted by Gasteiger charge is -2.36. The Bertz CT molecular complexity index is 367. The molecule has 0 spiro atoms. The van der Waals surface area contributed by atoms with Crippen LogP contribution in [0.3, 0.4) is 0 Å². The Labute approximate surface area is 141 Å². The van der Waals surface area contributed by atoms with Crippen molar-refractivity contribution < 1.29 is 0 Å². The summed E-state index contributed by atoms with van der Waals surface area (Å²) in [6, 6.07) is 0.690. The smallest absolute Gasteiger partial charge is 0.194 e. The SMILES string of the molecule is CC1CCC2CN=C(NCC3CCCC3(C)C)N2C1.I. The van der Waals surface area contributed by atoms with Crippen LogP contribution < -0.4 is 5.32 Å². The van der Waals surface area contributed by atoms with Gasteiger partial charge in [0, 0.05) is 13.1 Å². The Morgan fingerprint density at radius 1 is 1.30 bits per heavy atom. The number of hydrogen-bond donors (Lipinski definition) is 1. The van der Waals surface area contributed by atoms with Crippen LogP contribution in [0.5, 0.6) is 0 Å². The van der Waals surface area contributed by atoms with Crippen molar-refractivity contribution in [1.29, 1.82) is 0 Å². The van der Waals surface area contributed by atoms with Gasteiger partial charge in [-0.15, -0.1) is 24.0 Å². The van der Waals surface area contributed by atoms with Crippen molar-refractivity contribution in [3.05, 3.63) is 0 Å². The van der Waals surface area contributed by atoms with Gasteiger partial charge in [-0.1, -0.05) is 27.2 Å². The quantitative estimate of drug-likeness (QED) is 0.730. The molecule has 2 aliphatic heterocycles. The fourth-order valence-electron chi connectivity index (χ4n) is 4.09. The number of aliphatic imine (C=N–C) groups is 1. The predicted molar refractivity (Wildman–Crippen MR) is 95.7 cm³/mol. The van der Waals surface area contributed by atoms with E-state index in [-0.39, 0.29) is 24.0 Å². The Hall–Kier alpha value is 0. The summed E-state index contributed by atoms with van der Waals surface area (Å²) in [4.78, 5) is 7.29. The standard InChI is InChI=1S/C16H29N3.HI/c1-12-6-7-14-10-18-15(19(14)11-12)17-9-13-5-4-8-16(13,2)3;/h12-14H,4-11H2,1-3H3,(H,17,18);1H. The molecule has 3 rings (SSSR count). The topological polar surface area (TPSA) is 27.6 Å². The van der Waals surface area contributed by atoms with E-state index in [0.717, 1.165) is 24.9 Å².